The first-order valence-corrected chi connectivity index (χ1v) is 10.7. The first kappa shape index (κ1) is 24.0. The van der Waals surface area contributed by atoms with Gasteiger partial charge in [-0.3, -0.25) is 0 Å². The number of hydrogen-bond acceptors (Lipinski definition) is 2. The van der Waals surface area contributed by atoms with Crippen LogP contribution in [0.5, 0.6) is 0 Å². The maximum Gasteiger partial charge on any atom is 0.416 e. The molecule has 7 heteroatoms. The summed E-state index contributed by atoms with van der Waals surface area (Å²) in [6.45, 7) is 4.63. The molecule has 0 saturated heterocycles. The van der Waals surface area contributed by atoms with E-state index < -0.39 is 17.9 Å². The lowest BCUT2D eigenvalue weighted by atomic mass is 9.83. The van der Waals surface area contributed by atoms with Gasteiger partial charge in [0, 0.05) is 31.3 Å². The van der Waals surface area contributed by atoms with Gasteiger partial charge < -0.3 is 10.3 Å². The Morgan fingerprint density at radius 3 is 2.41 bits per heavy atom. The Morgan fingerprint density at radius 2 is 1.75 bits per heavy atom. The number of hydrogen-bond donors (Lipinski definition) is 1. The molecule has 0 spiro atoms. The molecule has 2 aromatic carbocycles. The summed E-state index contributed by atoms with van der Waals surface area (Å²) in [6, 6.07) is 15.0. The number of imidazole rings is 1. The first-order valence-electron chi connectivity index (χ1n) is 10.7. The molecule has 1 atom stereocenters. The molecule has 3 aromatic rings. The molecule has 1 aromatic heterocycles. The lowest BCUT2D eigenvalue weighted by Crippen LogP contribution is -2.22. The van der Waals surface area contributed by atoms with Crippen LogP contribution in [0, 0.1) is 5.41 Å². The number of halogens is 4. The van der Waals surface area contributed by atoms with Crippen molar-refractivity contribution in [2.45, 2.75) is 52.0 Å². The second-order valence-corrected chi connectivity index (χ2v) is 8.95. The minimum absolute atomic E-state index is 0.00158. The fraction of sp³-hybridized carbons (Fsp3) is 0.400. The molecule has 0 fully saturated rings. The predicted octanol–water partition coefficient (Wildman–Crippen LogP) is 6.26. The highest BCUT2D eigenvalue weighted by Crippen LogP contribution is 2.33. The highest BCUT2D eigenvalue weighted by Gasteiger charge is 2.31. The zero-order valence-corrected chi connectivity index (χ0v) is 18.4. The molecular weight excluding hydrogens is 418 g/mol. The van der Waals surface area contributed by atoms with Gasteiger partial charge in [0.05, 0.1) is 11.3 Å². The van der Waals surface area contributed by atoms with Crippen molar-refractivity contribution in [2.75, 3.05) is 6.54 Å². The number of benzene rings is 2. The Hall–Kier alpha value is -2.67. The third-order valence-electron chi connectivity index (χ3n) is 5.57. The van der Waals surface area contributed by atoms with E-state index in [1.165, 1.54) is 6.07 Å². The number of alkyl halides is 4. The normalized spacial score (nSPS) is 13.3. The van der Waals surface area contributed by atoms with Crippen LogP contribution in [0.3, 0.4) is 0 Å². The summed E-state index contributed by atoms with van der Waals surface area (Å²) >= 11 is 0. The Morgan fingerprint density at radius 1 is 1.03 bits per heavy atom. The van der Waals surface area contributed by atoms with Gasteiger partial charge in [0.1, 0.15) is 12.0 Å². The minimum atomic E-state index is -4.42. The van der Waals surface area contributed by atoms with Crippen molar-refractivity contribution >= 4 is 0 Å². The standard InChI is InChI=1S/C25H29F4N3/c1-24(2,12-11-21(26)15-30)14-23-31-22(17-32(23)16-18-7-4-3-5-8-18)19-9-6-10-20(13-19)25(27,28)29/h3-10,13,17,21H,11-12,14-16,30H2,1-2H3/t21-/m1/s1. The smallest absolute Gasteiger partial charge is 0.330 e. The monoisotopic (exact) mass is 447 g/mol. The van der Waals surface area contributed by atoms with Gasteiger partial charge in [-0.05, 0) is 36.0 Å². The van der Waals surface area contributed by atoms with Gasteiger partial charge in [-0.25, -0.2) is 9.37 Å². The van der Waals surface area contributed by atoms with Crippen molar-refractivity contribution in [2.24, 2.45) is 11.1 Å². The minimum Gasteiger partial charge on any atom is -0.330 e. The van der Waals surface area contributed by atoms with Crippen molar-refractivity contribution in [1.29, 1.82) is 0 Å². The Bertz CT molecular complexity index is 1010. The average molecular weight is 448 g/mol. The van der Waals surface area contributed by atoms with Crippen molar-refractivity contribution < 1.29 is 17.6 Å². The highest BCUT2D eigenvalue weighted by atomic mass is 19.4. The van der Waals surface area contributed by atoms with Crippen LogP contribution < -0.4 is 5.73 Å². The Labute approximate surface area is 186 Å². The lowest BCUT2D eigenvalue weighted by molar-refractivity contribution is -0.137. The molecule has 32 heavy (non-hydrogen) atoms. The van der Waals surface area contributed by atoms with Gasteiger partial charge in [-0.2, -0.15) is 13.2 Å². The summed E-state index contributed by atoms with van der Waals surface area (Å²) in [4.78, 5) is 4.71. The number of aromatic nitrogens is 2. The van der Waals surface area contributed by atoms with Crippen LogP contribution in [0.25, 0.3) is 11.3 Å². The van der Waals surface area contributed by atoms with Crippen LogP contribution in [-0.2, 0) is 19.1 Å². The van der Waals surface area contributed by atoms with E-state index in [9.17, 15) is 17.6 Å². The first-order chi connectivity index (χ1) is 15.1. The van der Waals surface area contributed by atoms with E-state index in [1.807, 2.05) is 48.7 Å². The molecule has 172 valence electrons. The fourth-order valence-electron chi connectivity index (χ4n) is 3.69. The summed E-state index contributed by atoms with van der Waals surface area (Å²) in [7, 11) is 0. The van der Waals surface area contributed by atoms with Crippen molar-refractivity contribution in [3.63, 3.8) is 0 Å². The van der Waals surface area contributed by atoms with E-state index in [2.05, 4.69) is 0 Å². The summed E-state index contributed by atoms with van der Waals surface area (Å²) in [5, 5.41) is 0. The maximum absolute atomic E-state index is 13.7. The van der Waals surface area contributed by atoms with Crippen LogP contribution in [0.2, 0.25) is 0 Å². The van der Waals surface area contributed by atoms with E-state index in [1.54, 1.807) is 12.3 Å². The summed E-state index contributed by atoms with van der Waals surface area (Å²) < 4.78 is 55.2. The molecule has 0 aliphatic carbocycles. The fourth-order valence-corrected chi connectivity index (χ4v) is 3.69. The second-order valence-electron chi connectivity index (χ2n) is 8.95. The third-order valence-corrected chi connectivity index (χ3v) is 5.57. The van der Waals surface area contributed by atoms with Crippen LogP contribution in [0.1, 0.15) is 43.6 Å². The van der Waals surface area contributed by atoms with Crippen LogP contribution in [0.4, 0.5) is 17.6 Å². The van der Waals surface area contributed by atoms with Crippen molar-refractivity contribution in [3.05, 3.63) is 77.7 Å². The van der Waals surface area contributed by atoms with Crippen LogP contribution >= 0.6 is 0 Å². The third kappa shape index (κ3) is 6.42. The van der Waals surface area contributed by atoms with E-state index in [4.69, 9.17) is 10.7 Å². The zero-order valence-electron chi connectivity index (χ0n) is 18.4. The van der Waals surface area contributed by atoms with E-state index in [0.717, 1.165) is 23.5 Å². The Balaban J connectivity index is 1.93. The maximum atomic E-state index is 13.7. The lowest BCUT2D eigenvalue weighted by Gasteiger charge is -2.25. The quantitative estimate of drug-likeness (QED) is 0.393. The zero-order chi connectivity index (χ0) is 23.4. The van der Waals surface area contributed by atoms with E-state index >= 15 is 0 Å². The van der Waals surface area contributed by atoms with Gasteiger partial charge in [0.15, 0.2) is 0 Å². The molecule has 0 aliphatic heterocycles. The topological polar surface area (TPSA) is 43.8 Å². The number of rotatable bonds is 9. The molecule has 2 N–H and O–H groups in total. The molecule has 0 aliphatic rings. The second kappa shape index (κ2) is 9.86. The molecule has 3 rings (SSSR count). The molecule has 0 bridgehead atoms. The van der Waals surface area contributed by atoms with E-state index in [-0.39, 0.29) is 12.0 Å². The van der Waals surface area contributed by atoms with Crippen molar-refractivity contribution in [3.8, 4) is 11.3 Å². The predicted molar refractivity (Wildman–Crippen MR) is 119 cm³/mol. The Kier molecular flexibility index (Phi) is 7.39. The van der Waals surface area contributed by atoms with Crippen molar-refractivity contribution in [1.82, 2.24) is 9.55 Å². The largest absolute Gasteiger partial charge is 0.416 e. The van der Waals surface area contributed by atoms with Gasteiger partial charge >= 0.3 is 6.18 Å². The highest BCUT2D eigenvalue weighted by molar-refractivity contribution is 5.60. The van der Waals surface area contributed by atoms with Crippen LogP contribution in [-0.4, -0.2) is 22.3 Å². The molecule has 0 amide bonds. The SMILES string of the molecule is CC(C)(CC[C@@H](F)CN)Cc1nc(-c2cccc(C(F)(F)F)c2)cn1Cc1ccccc1. The molecule has 1 heterocycles. The number of nitrogens with two attached hydrogens (primary N) is 1. The summed E-state index contributed by atoms with van der Waals surface area (Å²) in [5.41, 5.74) is 6.42. The molecular formula is C25H29F4N3. The summed E-state index contributed by atoms with van der Waals surface area (Å²) in [6.07, 6.45) is -2.11. The van der Waals surface area contributed by atoms with E-state index in [0.29, 0.717) is 37.1 Å². The van der Waals surface area contributed by atoms with Gasteiger partial charge in [0.25, 0.3) is 0 Å². The summed E-state index contributed by atoms with van der Waals surface area (Å²) in [5.74, 6) is 0.759. The molecule has 0 saturated carbocycles. The number of nitrogens with zero attached hydrogens (tertiary/aromatic N) is 2. The molecule has 3 nitrogen and oxygen atoms in total. The van der Waals surface area contributed by atoms with Crippen LogP contribution in [0.15, 0.2) is 60.8 Å². The average Bonchev–Trinajstić information content (AvgIpc) is 3.14. The van der Waals surface area contributed by atoms with Gasteiger partial charge in [0.2, 0.25) is 0 Å². The molecule has 0 radical (unpaired) electrons. The van der Waals surface area contributed by atoms with Gasteiger partial charge in [-0.15, -0.1) is 0 Å². The molecule has 0 unspecified atom stereocenters. The van der Waals surface area contributed by atoms with Gasteiger partial charge in [-0.1, -0.05) is 56.3 Å².